The summed E-state index contributed by atoms with van der Waals surface area (Å²) < 4.78 is 26.5. The van der Waals surface area contributed by atoms with Crippen LogP contribution < -0.4 is 0 Å². The van der Waals surface area contributed by atoms with Gasteiger partial charge in [0.1, 0.15) is 6.61 Å². The van der Waals surface area contributed by atoms with Crippen LogP contribution in [0.25, 0.3) is 0 Å². The number of piperidine rings is 1. The minimum Gasteiger partial charge on any atom is -0.396 e. The van der Waals surface area contributed by atoms with Crippen LogP contribution in [0.4, 0.5) is 0 Å². The van der Waals surface area contributed by atoms with Crippen molar-refractivity contribution in [3.63, 3.8) is 0 Å². The summed E-state index contributed by atoms with van der Waals surface area (Å²) in [5.41, 5.74) is 0.662. The van der Waals surface area contributed by atoms with Crippen LogP contribution in [0.1, 0.15) is 18.4 Å². The van der Waals surface area contributed by atoms with Crippen LogP contribution in [-0.2, 0) is 10.0 Å². The van der Waals surface area contributed by atoms with Gasteiger partial charge in [-0.15, -0.1) is 0 Å². The van der Waals surface area contributed by atoms with Crippen molar-refractivity contribution in [2.24, 2.45) is 5.92 Å². The van der Waals surface area contributed by atoms with Gasteiger partial charge >= 0.3 is 0 Å². The number of aliphatic hydroxyl groups excluding tert-OH is 2. The van der Waals surface area contributed by atoms with E-state index in [2.05, 4.69) is 11.8 Å². The van der Waals surface area contributed by atoms with Crippen molar-refractivity contribution >= 4 is 10.0 Å². The molecule has 5 nitrogen and oxygen atoms in total. The van der Waals surface area contributed by atoms with Gasteiger partial charge in [-0.05, 0) is 43.0 Å². The van der Waals surface area contributed by atoms with E-state index in [4.69, 9.17) is 5.11 Å². The van der Waals surface area contributed by atoms with E-state index in [1.165, 1.54) is 16.4 Å². The number of sulfonamides is 1. The average Bonchev–Trinajstić information content (AvgIpc) is 2.53. The molecule has 114 valence electrons. The second kappa shape index (κ2) is 7.05. The Balaban J connectivity index is 2.19. The molecule has 6 heteroatoms. The molecule has 1 fully saturated rings. The predicted molar refractivity (Wildman–Crippen MR) is 79.0 cm³/mol. The minimum atomic E-state index is -3.52. The topological polar surface area (TPSA) is 77.8 Å². The van der Waals surface area contributed by atoms with Gasteiger partial charge in [-0.25, -0.2) is 8.42 Å². The summed E-state index contributed by atoms with van der Waals surface area (Å²) in [7, 11) is -3.52. The van der Waals surface area contributed by atoms with E-state index in [0.29, 0.717) is 18.7 Å². The summed E-state index contributed by atoms with van der Waals surface area (Å²) >= 11 is 0. The number of rotatable bonds is 3. The SMILES string of the molecule is O=S(=O)(c1ccc(C#CCO)cc1)N1CCCC(CO)C1. The fraction of sp³-hybridized carbons (Fsp3) is 0.467. The Hall–Kier alpha value is -1.39. The molecule has 0 aliphatic carbocycles. The molecule has 1 aromatic rings. The third kappa shape index (κ3) is 3.83. The van der Waals surface area contributed by atoms with E-state index < -0.39 is 10.0 Å². The van der Waals surface area contributed by atoms with Crippen molar-refractivity contribution < 1.29 is 18.6 Å². The third-order valence-electron chi connectivity index (χ3n) is 3.54. The maximum Gasteiger partial charge on any atom is 0.243 e. The normalized spacial score (nSPS) is 19.8. The molecule has 1 heterocycles. The van der Waals surface area contributed by atoms with E-state index in [-0.39, 0.29) is 24.0 Å². The van der Waals surface area contributed by atoms with Gasteiger partial charge in [0.2, 0.25) is 10.0 Å². The Labute approximate surface area is 125 Å². The molecule has 0 radical (unpaired) electrons. The van der Waals surface area contributed by atoms with Gasteiger partial charge in [0.15, 0.2) is 0 Å². The van der Waals surface area contributed by atoms with Crippen molar-refractivity contribution in [3.05, 3.63) is 29.8 Å². The van der Waals surface area contributed by atoms with Gasteiger partial charge in [-0.2, -0.15) is 4.31 Å². The zero-order valence-electron chi connectivity index (χ0n) is 11.7. The van der Waals surface area contributed by atoms with Crippen LogP contribution in [0.5, 0.6) is 0 Å². The second-order valence-corrected chi connectivity index (χ2v) is 6.98. The number of benzene rings is 1. The zero-order valence-corrected chi connectivity index (χ0v) is 12.5. The fourth-order valence-electron chi connectivity index (χ4n) is 2.40. The van der Waals surface area contributed by atoms with Gasteiger partial charge in [0.05, 0.1) is 4.90 Å². The fourth-order valence-corrected chi connectivity index (χ4v) is 3.95. The van der Waals surface area contributed by atoms with E-state index in [1.54, 1.807) is 12.1 Å². The molecule has 2 rings (SSSR count). The number of nitrogens with zero attached hydrogens (tertiary/aromatic N) is 1. The highest BCUT2D eigenvalue weighted by molar-refractivity contribution is 7.89. The Morgan fingerprint density at radius 1 is 1.24 bits per heavy atom. The van der Waals surface area contributed by atoms with Crippen LogP contribution >= 0.6 is 0 Å². The standard InChI is InChI=1S/C15H19NO4S/c17-10-2-4-13-5-7-15(8-6-13)21(19,20)16-9-1-3-14(11-16)12-18/h5-8,14,17-18H,1,3,9-12H2. The smallest absolute Gasteiger partial charge is 0.243 e. The Morgan fingerprint density at radius 2 is 1.95 bits per heavy atom. The molecule has 1 aliphatic heterocycles. The number of aliphatic hydroxyl groups is 2. The van der Waals surface area contributed by atoms with E-state index in [1.807, 2.05) is 0 Å². The quantitative estimate of drug-likeness (QED) is 0.794. The number of hydrogen-bond acceptors (Lipinski definition) is 4. The highest BCUT2D eigenvalue weighted by atomic mass is 32.2. The first-order valence-electron chi connectivity index (χ1n) is 6.88. The molecule has 21 heavy (non-hydrogen) atoms. The monoisotopic (exact) mass is 309 g/mol. The van der Waals surface area contributed by atoms with Crippen molar-refractivity contribution in [1.82, 2.24) is 4.31 Å². The molecule has 1 aliphatic rings. The van der Waals surface area contributed by atoms with Crippen LogP contribution in [0.2, 0.25) is 0 Å². The molecule has 1 saturated heterocycles. The molecule has 0 bridgehead atoms. The van der Waals surface area contributed by atoms with E-state index in [0.717, 1.165) is 12.8 Å². The summed E-state index contributed by atoms with van der Waals surface area (Å²) in [6.07, 6.45) is 1.63. The summed E-state index contributed by atoms with van der Waals surface area (Å²) in [6.45, 7) is 0.647. The van der Waals surface area contributed by atoms with Gasteiger partial charge in [-0.1, -0.05) is 11.8 Å². The first-order valence-corrected chi connectivity index (χ1v) is 8.32. The van der Waals surface area contributed by atoms with Crippen molar-refractivity contribution in [1.29, 1.82) is 0 Å². The summed E-state index contributed by atoms with van der Waals surface area (Å²) in [4.78, 5) is 0.232. The molecule has 1 atom stereocenters. The Bertz CT molecular complexity index is 628. The van der Waals surface area contributed by atoms with Crippen molar-refractivity contribution in [2.75, 3.05) is 26.3 Å². The van der Waals surface area contributed by atoms with Gasteiger partial charge in [0.25, 0.3) is 0 Å². The molecule has 0 aromatic heterocycles. The van der Waals surface area contributed by atoms with Crippen molar-refractivity contribution in [3.8, 4) is 11.8 Å². The van der Waals surface area contributed by atoms with Crippen LogP contribution in [0.3, 0.4) is 0 Å². The van der Waals surface area contributed by atoms with Gasteiger partial charge < -0.3 is 10.2 Å². The van der Waals surface area contributed by atoms with Crippen molar-refractivity contribution in [2.45, 2.75) is 17.7 Å². The molecule has 0 amide bonds. The maximum absolute atomic E-state index is 12.5. The molecule has 2 N–H and O–H groups in total. The van der Waals surface area contributed by atoms with Crippen LogP contribution in [-0.4, -0.2) is 49.2 Å². The molecular weight excluding hydrogens is 290 g/mol. The van der Waals surface area contributed by atoms with E-state index in [9.17, 15) is 13.5 Å². The highest BCUT2D eigenvalue weighted by Gasteiger charge is 2.29. The number of hydrogen-bond donors (Lipinski definition) is 2. The molecular formula is C15H19NO4S. The highest BCUT2D eigenvalue weighted by Crippen LogP contribution is 2.23. The average molecular weight is 309 g/mol. The lowest BCUT2D eigenvalue weighted by atomic mass is 10.0. The lowest BCUT2D eigenvalue weighted by Gasteiger charge is -2.30. The van der Waals surface area contributed by atoms with Crippen LogP contribution in [0.15, 0.2) is 29.2 Å². The largest absolute Gasteiger partial charge is 0.396 e. The minimum absolute atomic E-state index is 0.0156. The summed E-state index contributed by atoms with van der Waals surface area (Å²) in [6, 6.07) is 6.31. The van der Waals surface area contributed by atoms with Crippen LogP contribution in [0, 0.1) is 17.8 Å². The van der Waals surface area contributed by atoms with E-state index >= 15 is 0 Å². The Kier molecular flexibility index (Phi) is 5.37. The maximum atomic E-state index is 12.5. The van der Waals surface area contributed by atoms with Gasteiger partial charge in [0, 0.05) is 25.3 Å². The van der Waals surface area contributed by atoms with Gasteiger partial charge in [-0.3, -0.25) is 0 Å². The molecule has 1 unspecified atom stereocenters. The first kappa shape index (κ1) is 16.0. The molecule has 1 aromatic carbocycles. The third-order valence-corrected chi connectivity index (χ3v) is 5.42. The molecule has 0 spiro atoms. The Morgan fingerprint density at radius 3 is 2.57 bits per heavy atom. The second-order valence-electron chi connectivity index (χ2n) is 5.04. The lowest BCUT2D eigenvalue weighted by molar-refractivity contribution is 0.165. The zero-order chi connectivity index (χ0) is 15.3. The summed E-state index contributed by atoms with van der Waals surface area (Å²) in [5.74, 6) is 5.26. The predicted octanol–water partition coefficient (Wildman–Crippen LogP) is 0.423. The lowest BCUT2D eigenvalue weighted by Crippen LogP contribution is -2.40. The summed E-state index contributed by atoms with van der Waals surface area (Å²) in [5, 5.41) is 17.8. The first-order chi connectivity index (χ1) is 10.1. The molecule has 0 saturated carbocycles.